The molecule has 0 saturated carbocycles. The Morgan fingerprint density at radius 3 is 2.69 bits per heavy atom. The lowest BCUT2D eigenvalue weighted by molar-refractivity contribution is 0.230. The van der Waals surface area contributed by atoms with E-state index in [-0.39, 0.29) is 12.7 Å². The molecule has 0 radical (unpaired) electrons. The van der Waals surface area contributed by atoms with E-state index in [0.717, 1.165) is 6.42 Å². The normalized spacial score (nSPS) is 26.2. The first-order valence-electron chi connectivity index (χ1n) is 5.66. The van der Waals surface area contributed by atoms with Crippen molar-refractivity contribution in [2.45, 2.75) is 25.6 Å². The van der Waals surface area contributed by atoms with Crippen LogP contribution in [0.5, 0.6) is 0 Å². The van der Waals surface area contributed by atoms with Gasteiger partial charge in [-0.2, -0.15) is 0 Å². The molecular formula is C13H18O2Si. The number of aliphatic hydroxyl groups excluding tert-OH is 1. The number of rotatable bonds is 2. The van der Waals surface area contributed by atoms with Crippen molar-refractivity contribution in [1.82, 2.24) is 0 Å². The lowest BCUT2D eigenvalue weighted by Crippen LogP contribution is -2.27. The zero-order valence-corrected chi connectivity index (χ0v) is 10.8. The van der Waals surface area contributed by atoms with Crippen LogP contribution in [0.3, 0.4) is 0 Å². The van der Waals surface area contributed by atoms with Crippen LogP contribution >= 0.6 is 0 Å². The Morgan fingerprint density at radius 1 is 1.38 bits per heavy atom. The largest absolute Gasteiger partial charge is 0.406 e. The van der Waals surface area contributed by atoms with Crippen LogP contribution in [0.4, 0.5) is 0 Å². The van der Waals surface area contributed by atoms with Crippen LogP contribution in [0.25, 0.3) is 0 Å². The zero-order valence-electron chi connectivity index (χ0n) is 9.81. The third-order valence-electron chi connectivity index (χ3n) is 3.12. The van der Waals surface area contributed by atoms with Crippen LogP contribution in [-0.4, -0.2) is 20.0 Å². The highest BCUT2D eigenvalue weighted by molar-refractivity contribution is 6.79. The predicted molar refractivity (Wildman–Crippen MR) is 67.5 cm³/mol. The molecule has 16 heavy (non-hydrogen) atoms. The van der Waals surface area contributed by atoms with Crippen LogP contribution in [0.15, 0.2) is 41.6 Å². The van der Waals surface area contributed by atoms with Crippen molar-refractivity contribution in [3.8, 4) is 0 Å². The summed E-state index contributed by atoms with van der Waals surface area (Å²) in [6.07, 6.45) is 3.04. The van der Waals surface area contributed by atoms with Gasteiger partial charge in [0.1, 0.15) is 0 Å². The van der Waals surface area contributed by atoms with E-state index in [4.69, 9.17) is 9.53 Å². The van der Waals surface area contributed by atoms with Crippen molar-refractivity contribution in [3.05, 3.63) is 47.2 Å². The fraction of sp³-hybridized carbons (Fsp3) is 0.385. The third-order valence-corrected chi connectivity index (χ3v) is 5.95. The monoisotopic (exact) mass is 234 g/mol. The molecule has 1 saturated heterocycles. The molecule has 1 aromatic rings. The van der Waals surface area contributed by atoms with E-state index in [9.17, 15) is 0 Å². The van der Waals surface area contributed by atoms with Gasteiger partial charge in [0, 0.05) is 0 Å². The molecule has 1 N–H and O–H groups in total. The summed E-state index contributed by atoms with van der Waals surface area (Å²) in [4.78, 5) is 0. The maximum absolute atomic E-state index is 9.01. The van der Waals surface area contributed by atoms with Gasteiger partial charge in [-0.1, -0.05) is 41.6 Å². The summed E-state index contributed by atoms with van der Waals surface area (Å²) < 4.78 is 6.16. The summed E-state index contributed by atoms with van der Waals surface area (Å²) in [5.41, 5.74) is 1.24. The van der Waals surface area contributed by atoms with Gasteiger partial charge in [-0.05, 0) is 25.1 Å². The van der Waals surface area contributed by atoms with Crippen LogP contribution in [0.2, 0.25) is 13.1 Å². The maximum Gasteiger partial charge on any atom is 0.214 e. The first-order valence-corrected chi connectivity index (χ1v) is 8.57. The highest BCUT2D eigenvalue weighted by Crippen LogP contribution is 2.40. The number of hydrogen-bond acceptors (Lipinski definition) is 2. The van der Waals surface area contributed by atoms with Crippen molar-refractivity contribution in [2.24, 2.45) is 0 Å². The summed E-state index contributed by atoms with van der Waals surface area (Å²) in [6, 6.07) is 10.3. The molecule has 1 fully saturated rings. The molecule has 1 atom stereocenters. The summed E-state index contributed by atoms with van der Waals surface area (Å²) in [7, 11) is -1.74. The van der Waals surface area contributed by atoms with E-state index in [0.29, 0.717) is 0 Å². The minimum Gasteiger partial charge on any atom is -0.406 e. The van der Waals surface area contributed by atoms with Crippen LogP contribution in [0.1, 0.15) is 18.1 Å². The van der Waals surface area contributed by atoms with Gasteiger partial charge in [-0.3, -0.25) is 0 Å². The molecular weight excluding hydrogens is 216 g/mol. The van der Waals surface area contributed by atoms with Crippen molar-refractivity contribution >= 4 is 8.32 Å². The molecule has 1 aliphatic heterocycles. The Morgan fingerprint density at radius 2 is 2.06 bits per heavy atom. The van der Waals surface area contributed by atoms with Crippen molar-refractivity contribution < 1.29 is 9.53 Å². The molecule has 1 unspecified atom stereocenters. The molecule has 1 heterocycles. The van der Waals surface area contributed by atoms with Gasteiger partial charge in [0.15, 0.2) is 0 Å². The van der Waals surface area contributed by atoms with Crippen LogP contribution < -0.4 is 0 Å². The molecule has 0 bridgehead atoms. The lowest BCUT2D eigenvalue weighted by Gasteiger charge is -2.18. The molecule has 0 spiro atoms. The molecule has 2 nitrogen and oxygen atoms in total. The molecule has 86 valence electrons. The molecule has 0 aliphatic carbocycles. The van der Waals surface area contributed by atoms with Gasteiger partial charge in [0.05, 0.1) is 12.7 Å². The number of benzene rings is 1. The van der Waals surface area contributed by atoms with E-state index in [1.54, 1.807) is 0 Å². The molecule has 3 heteroatoms. The van der Waals surface area contributed by atoms with Crippen molar-refractivity contribution in [2.75, 3.05) is 6.61 Å². The van der Waals surface area contributed by atoms with Crippen molar-refractivity contribution in [3.63, 3.8) is 0 Å². The summed E-state index contributed by atoms with van der Waals surface area (Å²) in [5, 5.41) is 10.3. The SMILES string of the molecule is C[Si]1(C)OC(c2ccccc2)C/C1=C/CO. The van der Waals surface area contributed by atoms with E-state index >= 15 is 0 Å². The van der Waals surface area contributed by atoms with Gasteiger partial charge in [-0.25, -0.2) is 0 Å². The van der Waals surface area contributed by atoms with Crippen LogP contribution in [-0.2, 0) is 4.43 Å². The highest BCUT2D eigenvalue weighted by atomic mass is 28.4. The lowest BCUT2D eigenvalue weighted by atomic mass is 10.1. The Hall–Kier alpha value is -0.903. The summed E-state index contributed by atoms with van der Waals surface area (Å²) >= 11 is 0. The highest BCUT2D eigenvalue weighted by Gasteiger charge is 2.39. The van der Waals surface area contributed by atoms with Gasteiger partial charge >= 0.3 is 0 Å². The summed E-state index contributed by atoms with van der Waals surface area (Å²) in [6.45, 7) is 4.51. The Balaban J connectivity index is 2.21. The minimum atomic E-state index is -1.74. The first kappa shape index (κ1) is 11.6. The predicted octanol–water partition coefficient (Wildman–Crippen LogP) is 2.81. The van der Waals surface area contributed by atoms with E-state index in [1.165, 1.54) is 10.8 Å². The number of aliphatic hydroxyl groups is 1. The second-order valence-electron chi connectivity index (χ2n) is 4.64. The molecule has 2 rings (SSSR count). The minimum absolute atomic E-state index is 0.122. The van der Waals surface area contributed by atoms with Crippen molar-refractivity contribution in [1.29, 1.82) is 0 Å². The van der Waals surface area contributed by atoms with E-state index < -0.39 is 8.32 Å². The van der Waals surface area contributed by atoms with Crippen LogP contribution in [0, 0.1) is 0 Å². The Bertz CT molecular complexity index is 384. The van der Waals surface area contributed by atoms with E-state index in [1.807, 2.05) is 24.3 Å². The Kier molecular flexibility index (Phi) is 3.28. The average molecular weight is 234 g/mol. The van der Waals surface area contributed by atoms with Gasteiger partial charge in [0.25, 0.3) is 0 Å². The zero-order chi connectivity index (χ0) is 11.6. The second-order valence-corrected chi connectivity index (χ2v) is 8.54. The fourth-order valence-corrected chi connectivity index (χ4v) is 4.55. The van der Waals surface area contributed by atoms with E-state index in [2.05, 4.69) is 25.2 Å². The Labute approximate surface area is 97.7 Å². The smallest absolute Gasteiger partial charge is 0.214 e. The summed E-state index contributed by atoms with van der Waals surface area (Å²) in [5.74, 6) is 0. The molecule has 1 aromatic carbocycles. The first-order chi connectivity index (χ1) is 7.63. The standard InChI is InChI=1S/C13H18O2Si/c1-16(2)12(8-9-14)10-13(15-16)11-6-4-3-5-7-11/h3-8,13-14H,9-10H2,1-2H3/b12-8-. The second kappa shape index (κ2) is 4.53. The molecule has 1 aliphatic rings. The van der Waals surface area contributed by atoms with Gasteiger partial charge in [-0.15, -0.1) is 0 Å². The third kappa shape index (κ3) is 2.26. The maximum atomic E-state index is 9.01. The topological polar surface area (TPSA) is 29.5 Å². The number of hydrogen-bond donors (Lipinski definition) is 1. The molecule has 0 aromatic heterocycles. The van der Waals surface area contributed by atoms with Gasteiger partial charge in [0.2, 0.25) is 8.32 Å². The quantitative estimate of drug-likeness (QED) is 0.797. The van der Waals surface area contributed by atoms with Gasteiger partial charge < -0.3 is 9.53 Å². The average Bonchev–Trinajstić information content (AvgIpc) is 2.57. The molecule has 0 amide bonds. The fourth-order valence-electron chi connectivity index (χ4n) is 2.21.